The van der Waals surface area contributed by atoms with Crippen LogP contribution in [0, 0.1) is 0 Å². The third-order valence-corrected chi connectivity index (χ3v) is 3.97. The SMILES string of the molecule is OC[C@@H]1O[C@@H](O[C@@H]2O[C@H](CO)[C@@H](O)[C@@H](O)[C@H]2O)[C@H](O)[C@@H](O)[C@H]1O. The molecule has 2 rings (SSSR count). The standard InChI is InChI=1S/C12H22O11/c13-1-3-5(15)7(17)9(19)11(21-3)23-12-10(20)8(18)6(16)4(2-14)22-12/h3-20H,1-2H2/t3-,4+,5-,6+,7-,8+,9-,10-,11+,12+/m1/s1. The highest BCUT2D eigenvalue weighted by molar-refractivity contribution is 4.92. The van der Waals surface area contributed by atoms with Crippen molar-refractivity contribution in [1.29, 1.82) is 0 Å². The van der Waals surface area contributed by atoms with E-state index in [1.165, 1.54) is 0 Å². The third-order valence-electron chi connectivity index (χ3n) is 3.97. The molecule has 8 N–H and O–H groups in total. The molecule has 0 aromatic heterocycles. The Hall–Kier alpha value is -0.440. The molecule has 10 atom stereocenters. The number of rotatable bonds is 4. The van der Waals surface area contributed by atoms with Crippen LogP contribution in [0.25, 0.3) is 0 Å². The molecule has 0 aromatic rings. The van der Waals surface area contributed by atoms with Gasteiger partial charge in [-0.2, -0.15) is 0 Å². The molecule has 2 heterocycles. The lowest BCUT2D eigenvalue weighted by atomic mass is 9.98. The van der Waals surface area contributed by atoms with Gasteiger partial charge in [-0.3, -0.25) is 0 Å². The zero-order valence-corrected chi connectivity index (χ0v) is 12.0. The Morgan fingerprint density at radius 3 is 1.22 bits per heavy atom. The summed E-state index contributed by atoms with van der Waals surface area (Å²) in [5, 5.41) is 76.4. The molecule has 0 unspecified atom stereocenters. The first-order chi connectivity index (χ1) is 10.8. The van der Waals surface area contributed by atoms with Crippen LogP contribution < -0.4 is 0 Å². The maximum absolute atomic E-state index is 9.84. The fourth-order valence-electron chi connectivity index (χ4n) is 2.49. The van der Waals surface area contributed by atoms with E-state index in [1.807, 2.05) is 0 Å². The van der Waals surface area contributed by atoms with Gasteiger partial charge in [-0.1, -0.05) is 0 Å². The van der Waals surface area contributed by atoms with Crippen molar-refractivity contribution >= 4 is 0 Å². The van der Waals surface area contributed by atoms with E-state index in [-0.39, 0.29) is 0 Å². The number of aliphatic hydroxyl groups excluding tert-OH is 8. The zero-order chi connectivity index (χ0) is 17.3. The minimum atomic E-state index is -1.72. The number of hydrogen-bond donors (Lipinski definition) is 8. The van der Waals surface area contributed by atoms with Gasteiger partial charge in [0.25, 0.3) is 0 Å². The fourth-order valence-corrected chi connectivity index (χ4v) is 2.49. The van der Waals surface area contributed by atoms with Crippen molar-refractivity contribution in [2.24, 2.45) is 0 Å². The van der Waals surface area contributed by atoms with Gasteiger partial charge in [-0.15, -0.1) is 0 Å². The van der Waals surface area contributed by atoms with E-state index in [1.54, 1.807) is 0 Å². The molecule has 0 radical (unpaired) electrons. The van der Waals surface area contributed by atoms with Crippen molar-refractivity contribution in [3.8, 4) is 0 Å². The highest BCUT2D eigenvalue weighted by Gasteiger charge is 2.49. The molecule has 0 aromatic carbocycles. The number of aliphatic hydroxyl groups is 8. The molecule has 0 aliphatic carbocycles. The summed E-state index contributed by atoms with van der Waals surface area (Å²) in [6, 6.07) is 0. The summed E-state index contributed by atoms with van der Waals surface area (Å²) in [7, 11) is 0. The maximum atomic E-state index is 9.84. The molecule has 0 amide bonds. The van der Waals surface area contributed by atoms with Gasteiger partial charge in [0.1, 0.15) is 48.8 Å². The van der Waals surface area contributed by atoms with Gasteiger partial charge in [0.2, 0.25) is 0 Å². The topological polar surface area (TPSA) is 190 Å². The van der Waals surface area contributed by atoms with Crippen molar-refractivity contribution in [2.75, 3.05) is 13.2 Å². The summed E-state index contributed by atoms with van der Waals surface area (Å²) >= 11 is 0. The number of hydrogen-bond acceptors (Lipinski definition) is 11. The van der Waals surface area contributed by atoms with Gasteiger partial charge in [-0.05, 0) is 0 Å². The van der Waals surface area contributed by atoms with Crippen LogP contribution in [0.1, 0.15) is 0 Å². The quantitative estimate of drug-likeness (QED) is 0.243. The molecule has 2 saturated heterocycles. The van der Waals surface area contributed by atoms with E-state index in [9.17, 15) is 30.6 Å². The van der Waals surface area contributed by atoms with Crippen molar-refractivity contribution in [3.63, 3.8) is 0 Å². The van der Waals surface area contributed by atoms with Gasteiger partial charge in [-0.25, -0.2) is 0 Å². The summed E-state index contributed by atoms with van der Waals surface area (Å²) < 4.78 is 15.3. The lowest BCUT2D eigenvalue weighted by Crippen LogP contribution is -2.63. The van der Waals surface area contributed by atoms with Crippen LogP contribution in [0.4, 0.5) is 0 Å². The summed E-state index contributed by atoms with van der Waals surface area (Å²) in [6.45, 7) is -1.33. The molecule has 11 heteroatoms. The van der Waals surface area contributed by atoms with Crippen LogP contribution >= 0.6 is 0 Å². The number of ether oxygens (including phenoxy) is 3. The van der Waals surface area contributed by atoms with Gasteiger partial charge < -0.3 is 55.1 Å². The molecule has 23 heavy (non-hydrogen) atoms. The molecule has 2 aliphatic rings. The van der Waals surface area contributed by atoms with E-state index in [0.29, 0.717) is 0 Å². The minimum Gasteiger partial charge on any atom is -0.394 e. The second-order valence-corrected chi connectivity index (χ2v) is 5.53. The summed E-state index contributed by atoms with van der Waals surface area (Å²) in [4.78, 5) is 0. The Kier molecular flexibility index (Phi) is 6.27. The van der Waals surface area contributed by atoms with Crippen LogP contribution in [0.2, 0.25) is 0 Å². The third kappa shape index (κ3) is 3.65. The van der Waals surface area contributed by atoms with Gasteiger partial charge in [0, 0.05) is 0 Å². The van der Waals surface area contributed by atoms with E-state index in [2.05, 4.69) is 0 Å². The molecular formula is C12H22O11. The molecule has 136 valence electrons. The molecule has 2 fully saturated rings. The second kappa shape index (κ2) is 7.63. The lowest BCUT2D eigenvalue weighted by molar-refractivity contribution is -0.376. The molecule has 11 nitrogen and oxygen atoms in total. The first-order valence-corrected chi connectivity index (χ1v) is 7.08. The predicted octanol–water partition coefficient (Wildman–Crippen LogP) is -5.40. The van der Waals surface area contributed by atoms with Crippen LogP contribution in [-0.4, -0.2) is 115 Å². The first kappa shape index (κ1) is 18.9. The Labute approximate surface area is 130 Å². The highest BCUT2D eigenvalue weighted by atomic mass is 16.8. The van der Waals surface area contributed by atoms with E-state index >= 15 is 0 Å². The molecule has 2 aliphatic heterocycles. The van der Waals surface area contributed by atoms with Crippen molar-refractivity contribution in [2.45, 2.75) is 61.4 Å². The Morgan fingerprint density at radius 1 is 0.565 bits per heavy atom. The Bertz CT molecular complexity index is 344. The van der Waals surface area contributed by atoms with Crippen molar-refractivity contribution in [1.82, 2.24) is 0 Å². The molecule has 0 bridgehead atoms. The average Bonchev–Trinajstić information content (AvgIpc) is 2.55. The van der Waals surface area contributed by atoms with Crippen LogP contribution in [0.15, 0.2) is 0 Å². The zero-order valence-electron chi connectivity index (χ0n) is 12.0. The maximum Gasteiger partial charge on any atom is 0.189 e. The van der Waals surface area contributed by atoms with Crippen molar-refractivity contribution in [3.05, 3.63) is 0 Å². The van der Waals surface area contributed by atoms with E-state index in [0.717, 1.165) is 0 Å². The summed E-state index contributed by atoms with van der Waals surface area (Å²) in [5.41, 5.74) is 0. The van der Waals surface area contributed by atoms with Crippen LogP contribution in [0.5, 0.6) is 0 Å². The van der Waals surface area contributed by atoms with Crippen molar-refractivity contribution < 1.29 is 55.1 Å². The van der Waals surface area contributed by atoms with Crippen LogP contribution in [-0.2, 0) is 14.2 Å². The molecule has 0 spiro atoms. The monoisotopic (exact) mass is 342 g/mol. The largest absolute Gasteiger partial charge is 0.394 e. The predicted molar refractivity (Wildman–Crippen MR) is 68.6 cm³/mol. The molecular weight excluding hydrogens is 320 g/mol. The molecule has 0 saturated carbocycles. The second-order valence-electron chi connectivity index (χ2n) is 5.53. The van der Waals surface area contributed by atoms with Gasteiger partial charge in [0.05, 0.1) is 13.2 Å². The Balaban J connectivity index is 2.07. The van der Waals surface area contributed by atoms with Gasteiger partial charge in [0.15, 0.2) is 12.6 Å². The minimum absolute atomic E-state index is 0.667. The smallest absolute Gasteiger partial charge is 0.189 e. The average molecular weight is 342 g/mol. The van der Waals surface area contributed by atoms with Gasteiger partial charge >= 0.3 is 0 Å². The lowest BCUT2D eigenvalue weighted by Gasteiger charge is -2.44. The summed E-state index contributed by atoms with van der Waals surface area (Å²) in [6.07, 6.45) is -15.6. The first-order valence-electron chi connectivity index (χ1n) is 7.08. The van der Waals surface area contributed by atoms with Crippen LogP contribution in [0.3, 0.4) is 0 Å². The highest BCUT2D eigenvalue weighted by Crippen LogP contribution is 2.27. The fraction of sp³-hybridized carbons (Fsp3) is 1.00. The Morgan fingerprint density at radius 2 is 0.913 bits per heavy atom. The summed E-state index contributed by atoms with van der Waals surface area (Å²) in [5.74, 6) is 0. The normalized spacial score (nSPS) is 51.7. The van der Waals surface area contributed by atoms with E-state index < -0.39 is 74.6 Å². The van der Waals surface area contributed by atoms with E-state index in [4.69, 9.17) is 24.4 Å².